The Balaban J connectivity index is 1.49. The largest absolute Gasteiger partial charge is 0.347 e. The van der Waals surface area contributed by atoms with Gasteiger partial charge in [-0.3, -0.25) is 9.89 Å². The summed E-state index contributed by atoms with van der Waals surface area (Å²) >= 11 is 0. The molecule has 0 spiro atoms. The lowest BCUT2D eigenvalue weighted by atomic mass is 10.1. The number of carbonyl (C=O) groups is 1. The summed E-state index contributed by atoms with van der Waals surface area (Å²) in [6, 6.07) is 12.2. The molecule has 25 heavy (non-hydrogen) atoms. The van der Waals surface area contributed by atoms with Crippen molar-refractivity contribution in [3.63, 3.8) is 0 Å². The van der Waals surface area contributed by atoms with Crippen LogP contribution in [0, 0.1) is 5.82 Å². The Bertz CT molecular complexity index is 1040. The Morgan fingerprint density at radius 2 is 2.12 bits per heavy atom. The van der Waals surface area contributed by atoms with E-state index in [2.05, 4.69) is 20.5 Å². The van der Waals surface area contributed by atoms with E-state index < -0.39 is 0 Å². The number of fused-ring (bicyclic) bond motifs is 1. The van der Waals surface area contributed by atoms with Crippen LogP contribution in [0.4, 0.5) is 4.39 Å². The van der Waals surface area contributed by atoms with E-state index in [1.807, 2.05) is 24.3 Å². The number of rotatable bonds is 4. The molecular weight excluding hydrogens is 321 g/mol. The second-order valence-electron chi connectivity index (χ2n) is 5.56. The zero-order chi connectivity index (χ0) is 17.2. The van der Waals surface area contributed by atoms with Gasteiger partial charge in [0.2, 0.25) is 0 Å². The second kappa shape index (κ2) is 6.20. The molecule has 0 saturated heterocycles. The van der Waals surface area contributed by atoms with Crippen LogP contribution in [0.1, 0.15) is 16.1 Å². The standard InChI is InChI=1S/C18H14FN5O/c19-14-9-12(5-6-16(14)24-8-7-20-11-24)10-21-18(25)17-13-3-1-2-4-15(13)22-23-17/h1-9,11H,10H2,(H,21,25)(H,22,23). The number of imidazole rings is 1. The number of nitrogens with zero attached hydrogens (tertiary/aromatic N) is 3. The lowest BCUT2D eigenvalue weighted by molar-refractivity contribution is 0.0947. The Morgan fingerprint density at radius 3 is 2.92 bits per heavy atom. The quantitative estimate of drug-likeness (QED) is 0.602. The summed E-state index contributed by atoms with van der Waals surface area (Å²) in [6.45, 7) is 0.209. The molecule has 2 aromatic carbocycles. The molecular formula is C18H14FN5O. The van der Waals surface area contributed by atoms with E-state index >= 15 is 0 Å². The summed E-state index contributed by atoms with van der Waals surface area (Å²) < 4.78 is 15.8. The van der Waals surface area contributed by atoms with Gasteiger partial charge in [0.25, 0.3) is 5.91 Å². The fraction of sp³-hybridized carbons (Fsp3) is 0.0556. The van der Waals surface area contributed by atoms with Crippen molar-refractivity contribution in [1.82, 2.24) is 25.1 Å². The molecule has 0 aliphatic carbocycles. The highest BCUT2D eigenvalue weighted by Crippen LogP contribution is 2.17. The molecule has 0 bridgehead atoms. The van der Waals surface area contributed by atoms with Crippen molar-refractivity contribution in [2.75, 3.05) is 0 Å². The van der Waals surface area contributed by atoms with Gasteiger partial charge in [-0.15, -0.1) is 0 Å². The van der Waals surface area contributed by atoms with E-state index in [0.717, 1.165) is 10.9 Å². The second-order valence-corrected chi connectivity index (χ2v) is 5.56. The molecule has 0 aliphatic rings. The van der Waals surface area contributed by atoms with E-state index in [1.165, 1.54) is 12.4 Å². The van der Waals surface area contributed by atoms with Crippen LogP contribution in [0.3, 0.4) is 0 Å². The van der Waals surface area contributed by atoms with Crippen molar-refractivity contribution in [1.29, 1.82) is 0 Å². The fourth-order valence-corrected chi connectivity index (χ4v) is 2.67. The minimum absolute atomic E-state index is 0.209. The predicted octanol–water partition coefficient (Wildman–Crippen LogP) is 2.82. The van der Waals surface area contributed by atoms with E-state index in [4.69, 9.17) is 0 Å². The third-order valence-corrected chi connectivity index (χ3v) is 3.93. The highest BCUT2D eigenvalue weighted by atomic mass is 19.1. The number of benzene rings is 2. The third-order valence-electron chi connectivity index (χ3n) is 3.93. The van der Waals surface area contributed by atoms with Gasteiger partial charge in [-0.05, 0) is 23.8 Å². The number of halogens is 1. The van der Waals surface area contributed by atoms with E-state index in [0.29, 0.717) is 16.9 Å². The van der Waals surface area contributed by atoms with Crippen LogP contribution < -0.4 is 5.32 Å². The first kappa shape index (κ1) is 15.1. The number of hydrogen-bond donors (Lipinski definition) is 2. The molecule has 4 rings (SSSR count). The Morgan fingerprint density at radius 1 is 1.24 bits per heavy atom. The number of aromatic nitrogens is 4. The summed E-state index contributed by atoms with van der Waals surface area (Å²) in [7, 11) is 0. The van der Waals surface area contributed by atoms with Gasteiger partial charge in [-0.2, -0.15) is 5.10 Å². The number of carbonyl (C=O) groups excluding carboxylic acids is 1. The van der Waals surface area contributed by atoms with E-state index in [9.17, 15) is 9.18 Å². The minimum Gasteiger partial charge on any atom is -0.347 e. The molecule has 0 unspecified atom stereocenters. The normalized spacial score (nSPS) is 10.9. The van der Waals surface area contributed by atoms with Crippen LogP contribution in [-0.2, 0) is 6.54 Å². The monoisotopic (exact) mass is 335 g/mol. The number of aromatic amines is 1. The summed E-state index contributed by atoms with van der Waals surface area (Å²) in [5, 5.41) is 10.4. The van der Waals surface area contributed by atoms with Crippen LogP contribution in [0.15, 0.2) is 61.2 Å². The minimum atomic E-state index is -0.380. The van der Waals surface area contributed by atoms with E-state index in [-0.39, 0.29) is 18.3 Å². The van der Waals surface area contributed by atoms with Gasteiger partial charge in [0.15, 0.2) is 5.69 Å². The Hall–Kier alpha value is -3.48. The topological polar surface area (TPSA) is 75.6 Å². The van der Waals surface area contributed by atoms with Crippen molar-refractivity contribution in [3.05, 3.63) is 78.3 Å². The number of nitrogens with one attached hydrogen (secondary N) is 2. The van der Waals surface area contributed by atoms with Crippen molar-refractivity contribution in [2.24, 2.45) is 0 Å². The Labute approximate surface area is 142 Å². The molecule has 6 nitrogen and oxygen atoms in total. The molecule has 0 fully saturated rings. The van der Waals surface area contributed by atoms with Crippen LogP contribution in [0.5, 0.6) is 0 Å². The maximum Gasteiger partial charge on any atom is 0.272 e. The molecule has 2 aromatic heterocycles. The molecule has 1 amide bonds. The molecule has 2 heterocycles. The maximum absolute atomic E-state index is 14.2. The zero-order valence-corrected chi connectivity index (χ0v) is 13.1. The van der Waals surface area contributed by atoms with Crippen molar-refractivity contribution < 1.29 is 9.18 Å². The fourth-order valence-electron chi connectivity index (χ4n) is 2.67. The average molecular weight is 335 g/mol. The first-order chi connectivity index (χ1) is 12.2. The van der Waals surface area contributed by atoms with Crippen molar-refractivity contribution >= 4 is 16.8 Å². The molecule has 4 aromatic rings. The highest BCUT2D eigenvalue weighted by molar-refractivity contribution is 6.04. The van der Waals surface area contributed by atoms with E-state index in [1.54, 1.807) is 29.1 Å². The average Bonchev–Trinajstić information content (AvgIpc) is 3.29. The lowest BCUT2D eigenvalue weighted by Crippen LogP contribution is -2.23. The highest BCUT2D eigenvalue weighted by Gasteiger charge is 2.13. The van der Waals surface area contributed by atoms with Gasteiger partial charge in [0.1, 0.15) is 5.82 Å². The predicted molar refractivity (Wildman–Crippen MR) is 90.8 cm³/mol. The third kappa shape index (κ3) is 2.87. The number of hydrogen-bond acceptors (Lipinski definition) is 3. The first-order valence-corrected chi connectivity index (χ1v) is 7.70. The molecule has 0 saturated carbocycles. The van der Waals surface area contributed by atoms with Crippen LogP contribution in [0.2, 0.25) is 0 Å². The van der Waals surface area contributed by atoms with Gasteiger partial charge in [0.05, 0.1) is 17.5 Å². The molecule has 2 N–H and O–H groups in total. The smallest absolute Gasteiger partial charge is 0.272 e. The molecule has 0 radical (unpaired) electrons. The number of amides is 1. The molecule has 7 heteroatoms. The van der Waals surface area contributed by atoms with Gasteiger partial charge < -0.3 is 9.88 Å². The Kier molecular flexibility index (Phi) is 3.74. The van der Waals surface area contributed by atoms with Crippen LogP contribution >= 0.6 is 0 Å². The lowest BCUT2D eigenvalue weighted by Gasteiger charge is -2.08. The SMILES string of the molecule is O=C(NCc1ccc(-n2ccnc2)c(F)c1)c1n[nH]c2ccccc12. The van der Waals surface area contributed by atoms with Gasteiger partial charge in [0, 0.05) is 24.3 Å². The van der Waals surface area contributed by atoms with Gasteiger partial charge in [-0.1, -0.05) is 24.3 Å². The summed E-state index contributed by atoms with van der Waals surface area (Å²) in [5.41, 5.74) is 2.19. The molecule has 124 valence electrons. The summed E-state index contributed by atoms with van der Waals surface area (Å²) in [5.74, 6) is -0.688. The summed E-state index contributed by atoms with van der Waals surface area (Å²) in [6.07, 6.45) is 4.78. The number of para-hydroxylation sites is 1. The first-order valence-electron chi connectivity index (χ1n) is 7.70. The summed E-state index contributed by atoms with van der Waals surface area (Å²) in [4.78, 5) is 16.2. The van der Waals surface area contributed by atoms with Crippen molar-refractivity contribution in [2.45, 2.75) is 6.54 Å². The molecule has 0 aliphatic heterocycles. The van der Waals surface area contributed by atoms with Crippen LogP contribution in [0.25, 0.3) is 16.6 Å². The van der Waals surface area contributed by atoms with Crippen LogP contribution in [-0.4, -0.2) is 25.7 Å². The van der Waals surface area contributed by atoms with Gasteiger partial charge in [-0.25, -0.2) is 9.37 Å². The maximum atomic E-state index is 14.2. The van der Waals surface area contributed by atoms with Crippen molar-refractivity contribution in [3.8, 4) is 5.69 Å². The zero-order valence-electron chi connectivity index (χ0n) is 13.1. The number of H-pyrrole nitrogens is 1. The molecule has 0 atom stereocenters. The van der Waals surface area contributed by atoms with Gasteiger partial charge >= 0.3 is 0 Å².